The fourth-order valence-corrected chi connectivity index (χ4v) is 5.06. The van der Waals surface area contributed by atoms with Crippen LogP contribution >= 0.6 is 0 Å². The number of piperidine rings is 1. The maximum absolute atomic E-state index is 12.5. The predicted molar refractivity (Wildman–Crippen MR) is 159 cm³/mol. The predicted octanol–water partition coefficient (Wildman–Crippen LogP) is 6.65. The van der Waals surface area contributed by atoms with E-state index in [9.17, 15) is 14.7 Å². The number of carbonyl (C=O) groups is 2. The van der Waals surface area contributed by atoms with Gasteiger partial charge in [-0.15, -0.1) is 0 Å². The second-order valence-electron chi connectivity index (χ2n) is 10.3. The van der Waals surface area contributed by atoms with E-state index in [4.69, 9.17) is 9.47 Å². The highest BCUT2D eigenvalue weighted by molar-refractivity contribution is 6.01. The second kappa shape index (κ2) is 13.6. The second-order valence-corrected chi connectivity index (χ2v) is 10.3. The largest absolute Gasteiger partial charge is 0.493 e. The number of benzene rings is 4. The molecule has 7 heteroatoms. The van der Waals surface area contributed by atoms with E-state index in [1.165, 1.54) is 24.5 Å². The summed E-state index contributed by atoms with van der Waals surface area (Å²) >= 11 is 0. The van der Waals surface area contributed by atoms with Crippen molar-refractivity contribution >= 4 is 17.6 Å². The van der Waals surface area contributed by atoms with Gasteiger partial charge in [-0.05, 0) is 79.0 Å². The first-order chi connectivity index (χ1) is 20.0. The Balaban J connectivity index is 1.07. The van der Waals surface area contributed by atoms with Crippen molar-refractivity contribution in [1.82, 2.24) is 4.90 Å². The van der Waals surface area contributed by atoms with Crippen LogP contribution in [-0.4, -0.2) is 41.6 Å². The van der Waals surface area contributed by atoms with Crippen molar-refractivity contribution in [3.63, 3.8) is 0 Å². The Morgan fingerprint density at radius 2 is 1.46 bits per heavy atom. The highest BCUT2D eigenvalue weighted by Gasteiger charge is 2.20. The average Bonchev–Trinajstić information content (AvgIpc) is 2.99. The van der Waals surface area contributed by atoms with Crippen LogP contribution in [-0.2, 0) is 17.8 Å². The number of nitrogens with zero attached hydrogens (tertiary/aromatic N) is 1. The van der Waals surface area contributed by atoms with Gasteiger partial charge in [-0.3, -0.25) is 9.69 Å². The molecule has 0 bridgehead atoms. The van der Waals surface area contributed by atoms with Crippen molar-refractivity contribution in [2.75, 3.05) is 25.0 Å². The lowest BCUT2D eigenvalue weighted by molar-refractivity contribution is -0.115. The number of anilines is 1. The third-order valence-corrected chi connectivity index (χ3v) is 7.12. The Morgan fingerprint density at radius 1 is 0.805 bits per heavy atom. The molecule has 1 aliphatic heterocycles. The van der Waals surface area contributed by atoms with Gasteiger partial charge in [-0.25, -0.2) is 4.79 Å². The molecule has 1 aliphatic rings. The highest BCUT2D eigenvalue weighted by atomic mass is 16.5. The van der Waals surface area contributed by atoms with Crippen molar-refractivity contribution in [3.8, 4) is 17.2 Å². The maximum Gasteiger partial charge on any atom is 0.337 e. The molecule has 1 saturated heterocycles. The third kappa shape index (κ3) is 8.19. The quantitative estimate of drug-likeness (QED) is 0.217. The number of carbonyl (C=O) groups excluding carboxylic acids is 1. The summed E-state index contributed by atoms with van der Waals surface area (Å²) in [5.41, 5.74) is 2.47. The Kier molecular flexibility index (Phi) is 9.29. The molecule has 2 N–H and O–H groups in total. The molecule has 210 valence electrons. The Hall–Kier alpha value is -4.62. The molecule has 4 aromatic rings. The molecule has 1 amide bonds. The van der Waals surface area contributed by atoms with Gasteiger partial charge in [0.2, 0.25) is 5.91 Å². The summed E-state index contributed by atoms with van der Waals surface area (Å²) in [5, 5.41) is 12.0. The van der Waals surface area contributed by atoms with Gasteiger partial charge >= 0.3 is 5.97 Å². The van der Waals surface area contributed by atoms with Crippen molar-refractivity contribution < 1.29 is 24.2 Å². The summed E-state index contributed by atoms with van der Waals surface area (Å²) in [7, 11) is 0. The molecule has 0 spiro atoms. The van der Waals surface area contributed by atoms with E-state index < -0.39 is 5.97 Å². The third-order valence-electron chi connectivity index (χ3n) is 7.12. The van der Waals surface area contributed by atoms with Gasteiger partial charge in [0.25, 0.3) is 0 Å². The smallest absolute Gasteiger partial charge is 0.337 e. The molecule has 0 aliphatic carbocycles. The first-order valence-electron chi connectivity index (χ1n) is 13.9. The van der Waals surface area contributed by atoms with E-state index >= 15 is 0 Å². The van der Waals surface area contributed by atoms with Crippen LogP contribution in [0.25, 0.3) is 0 Å². The minimum absolute atomic E-state index is 0.0560. The number of rotatable bonds is 11. The number of hydrogen-bond acceptors (Lipinski definition) is 5. The van der Waals surface area contributed by atoms with Crippen LogP contribution in [0.5, 0.6) is 17.2 Å². The number of carboxylic acids is 1. The first-order valence-corrected chi connectivity index (χ1v) is 13.9. The molecule has 0 saturated carbocycles. The van der Waals surface area contributed by atoms with Crippen molar-refractivity contribution in [1.29, 1.82) is 0 Å². The summed E-state index contributed by atoms with van der Waals surface area (Å²) in [4.78, 5) is 26.3. The van der Waals surface area contributed by atoms with Crippen LogP contribution in [0.3, 0.4) is 0 Å². The van der Waals surface area contributed by atoms with Crippen LogP contribution < -0.4 is 14.8 Å². The zero-order valence-corrected chi connectivity index (χ0v) is 22.9. The number of hydrogen-bond donors (Lipinski definition) is 2. The number of carboxylic acid groups (broad SMARTS) is 1. The highest BCUT2D eigenvalue weighted by Crippen LogP contribution is 2.26. The minimum atomic E-state index is -1.09. The lowest BCUT2D eigenvalue weighted by Crippen LogP contribution is -2.37. The van der Waals surface area contributed by atoms with Gasteiger partial charge in [-0.2, -0.15) is 0 Å². The number of aromatic carboxylic acids is 1. The molecule has 5 rings (SSSR count). The Morgan fingerprint density at radius 3 is 2.20 bits per heavy atom. The molecule has 1 fully saturated rings. The zero-order valence-electron chi connectivity index (χ0n) is 22.9. The van der Waals surface area contributed by atoms with Crippen molar-refractivity contribution in [2.24, 2.45) is 5.92 Å². The number of para-hydroxylation sites is 1. The van der Waals surface area contributed by atoms with E-state index in [-0.39, 0.29) is 23.6 Å². The van der Waals surface area contributed by atoms with Crippen LogP contribution in [0.4, 0.5) is 5.69 Å². The minimum Gasteiger partial charge on any atom is -0.493 e. The number of amides is 1. The summed E-state index contributed by atoms with van der Waals surface area (Å²) in [5.74, 6) is 1.30. The van der Waals surface area contributed by atoms with E-state index in [0.29, 0.717) is 24.0 Å². The van der Waals surface area contributed by atoms with Crippen LogP contribution in [0.1, 0.15) is 34.3 Å². The van der Waals surface area contributed by atoms with Crippen molar-refractivity contribution in [2.45, 2.75) is 25.8 Å². The molecular weight excluding hydrogens is 516 g/mol. The van der Waals surface area contributed by atoms with Gasteiger partial charge in [0.1, 0.15) is 17.2 Å². The normalized spacial score (nSPS) is 15.2. The molecule has 1 atom stereocenters. The summed E-state index contributed by atoms with van der Waals surface area (Å²) < 4.78 is 12.1. The van der Waals surface area contributed by atoms with Gasteiger partial charge in [0, 0.05) is 19.0 Å². The molecule has 41 heavy (non-hydrogen) atoms. The molecule has 7 nitrogen and oxygen atoms in total. The topological polar surface area (TPSA) is 88.1 Å². The number of ether oxygens (including phenoxy) is 2. The van der Waals surface area contributed by atoms with Crippen LogP contribution in [0, 0.1) is 5.92 Å². The monoisotopic (exact) mass is 550 g/mol. The van der Waals surface area contributed by atoms with Crippen LogP contribution in [0.15, 0.2) is 103 Å². The Bertz CT molecular complexity index is 1440. The van der Waals surface area contributed by atoms with Gasteiger partial charge in [0.15, 0.2) is 0 Å². The lowest BCUT2D eigenvalue weighted by atomic mass is 9.98. The number of nitrogens with one attached hydrogen (secondary N) is 1. The van der Waals surface area contributed by atoms with Gasteiger partial charge in [0.05, 0.1) is 24.3 Å². The Labute approximate surface area is 240 Å². The molecular formula is C34H34N2O5. The molecule has 1 unspecified atom stereocenters. The van der Waals surface area contributed by atoms with Gasteiger partial charge < -0.3 is 19.9 Å². The molecule has 1 heterocycles. The van der Waals surface area contributed by atoms with Crippen LogP contribution in [0.2, 0.25) is 0 Å². The lowest BCUT2D eigenvalue weighted by Gasteiger charge is -2.32. The van der Waals surface area contributed by atoms with E-state index in [0.717, 1.165) is 30.9 Å². The molecule has 4 aromatic carbocycles. The van der Waals surface area contributed by atoms with Crippen molar-refractivity contribution in [3.05, 3.63) is 120 Å². The fraction of sp³-hybridized carbons (Fsp3) is 0.235. The van der Waals surface area contributed by atoms with E-state index in [2.05, 4.69) is 40.5 Å². The van der Waals surface area contributed by atoms with E-state index in [1.54, 1.807) is 18.2 Å². The summed E-state index contributed by atoms with van der Waals surface area (Å²) in [6.07, 6.45) is 2.49. The summed E-state index contributed by atoms with van der Waals surface area (Å²) in [6.45, 7) is 3.86. The first kappa shape index (κ1) is 27.9. The summed E-state index contributed by atoms with van der Waals surface area (Å²) in [6, 6.07) is 31.8. The average molecular weight is 551 g/mol. The number of likely N-dealkylation sites (tertiary alicyclic amines) is 1. The maximum atomic E-state index is 12.5. The molecule has 0 aromatic heterocycles. The molecule has 0 radical (unpaired) electrons. The zero-order chi connectivity index (χ0) is 28.4. The standard InChI is InChI=1S/C34H34N2O5/c37-33(35-32-11-5-4-10-31(32)34(38)39)21-25-12-14-29(15-13-25)41-30-18-16-28(17-19-30)40-24-27-9-6-20-36(23-27)22-26-7-2-1-3-8-26/h1-5,7-8,10-19,27H,6,9,20-24H2,(H,35,37)(H,38,39). The fourth-order valence-electron chi connectivity index (χ4n) is 5.06. The van der Waals surface area contributed by atoms with Gasteiger partial charge in [-0.1, -0.05) is 54.6 Å². The SMILES string of the molecule is O=C(Cc1ccc(Oc2ccc(OCC3CCCN(Cc4ccccc4)C3)cc2)cc1)Nc1ccccc1C(=O)O. The van der Waals surface area contributed by atoms with E-state index in [1.807, 2.05) is 48.5 Å².